The van der Waals surface area contributed by atoms with Crippen LogP contribution in [0.3, 0.4) is 0 Å². The van der Waals surface area contributed by atoms with Gasteiger partial charge in [0.2, 0.25) is 0 Å². The first-order chi connectivity index (χ1) is 15.7. The van der Waals surface area contributed by atoms with E-state index in [-0.39, 0.29) is 0 Å². The average molecular weight is 430 g/mol. The number of hydrogen-bond acceptors (Lipinski definition) is 6. The lowest BCUT2D eigenvalue weighted by Gasteiger charge is -2.38. The van der Waals surface area contributed by atoms with E-state index in [1.807, 2.05) is 12.1 Å². The molecule has 7 nitrogen and oxygen atoms in total. The highest BCUT2D eigenvalue weighted by Gasteiger charge is 2.26. The molecule has 5 rings (SSSR count). The van der Waals surface area contributed by atoms with E-state index in [2.05, 4.69) is 68.9 Å². The maximum Gasteiger partial charge on any atom is 0.142 e. The summed E-state index contributed by atoms with van der Waals surface area (Å²) in [5, 5.41) is 20.9. The summed E-state index contributed by atoms with van der Waals surface area (Å²) in [4.78, 5) is 4.89. The number of pyridine rings is 1. The molecule has 0 amide bonds. The normalized spacial score (nSPS) is 21.6. The molecule has 2 saturated heterocycles. The van der Waals surface area contributed by atoms with Crippen molar-refractivity contribution in [2.45, 2.75) is 25.9 Å². The monoisotopic (exact) mass is 429 g/mol. The largest absolute Gasteiger partial charge is 0.369 e. The van der Waals surface area contributed by atoms with E-state index in [1.165, 1.54) is 17.7 Å². The lowest BCUT2D eigenvalue weighted by atomic mass is 9.95. The maximum absolute atomic E-state index is 9.37. The van der Waals surface area contributed by atoms with Gasteiger partial charge in [-0.05, 0) is 48.2 Å². The van der Waals surface area contributed by atoms with Crippen LogP contribution < -0.4 is 20.4 Å². The molecule has 0 saturated carbocycles. The molecule has 0 unspecified atom stereocenters. The van der Waals surface area contributed by atoms with Gasteiger partial charge in [0.05, 0.1) is 17.4 Å². The van der Waals surface area contributed by atoms with Gasteiger partial charge in [-0.25, -0.2) is 4.52 Å². The first kappa shape index (κ1) is 20.8. The van der Waals surface area contributed by atoms with Crippen LogP contribution in [0.1, 0.15) is 24.6 Å². The van der Waals surface area contributed by atoms with Crippen molar-refractivity contribution in [1.82, 2.24) is 20.2 Å². The van der Waals surface area contributed by atoms with Gasteiger partial charge in [-0.1, -0.05) is 19.1 Å². The molecule has 2 atom stereocenters. The minimum atomic E-state index is 0.421. The Hall–Kier alpha value is -3.08. The average Bonchev–Trinajstić information content (AvgIpc) is 3.33. The molecule has 166 valence electrons. The molecular weight excluding hydrogens is 398 g/mol. The molecule has 2 aliphatic heterocycles. The van der Waals surface area contributed by atoms with Crippen LogP contribution in [0.15, 0.2) is 48.7 Å². The van der Waals surface area contributed by atoms with E-state index in [4.69, 9.17) is 0 Å². The summed E-state index contributed by atoms with van der Waals surface area (Å²) < 4.78 is 1.75. The van der Waals surface area contributed by atoms with E-state index in [0.29, 0.717) is 17.7 Å². The Bertz CT molecular complexity index is 1090. The number of nitrogens with zero attached hydrogens (tertiary/aromatic N) is 5. The zero-order chi connectivity index (χ0) is 21.9. The van der Waals surface area contributed by atoms with Crippen molar-refractivity contribution in [2.75, 3.05) is 49.1 Å². The first-order valence-electron chi connectivity index (χ1n) is 11.6. The van der Waals surface area contributed by atoms with Gasteiger partial charge in [0, 0.05) is 57.5 Å². The number of piperidine rings is 1. The molecule has 7 heteroatoms. The summed E-state index contributed by atoms with van der Waals surface area (Å²) in [7, 11) is 0. The van der Waals surface area contributed by atoms with Gasteiger partial charge in [-0.2, -0.15) is 10.4 Å². The third-order valence-electron chi connectivity index (χ3n) is 6.66. The Labute approximate surface area is 189 Å². The van der Waals surface area contributed by atoms with Crippen LogP contribution in [0.2, 0.25) is 0 Å². The quantitative estimate of drug-likeness (QED) is 0.650. The van der Waals surface area contributed by atoms with E-state index in [9.17, 15) is 5.26 Å². The molecule has 0 bridgehead atoms. The number of nitrogens with one attached hydrogen (secondary N) is 2. The number of nitriles is 1. The highest BCUT2D eigenvalue weighted by molar-refractivity contribution is 5.74. The predicted octanol–water partition coefficient (Wildman–Crippen LogP) is 2.62. The Kier molecular flexibility index (Phi) is 5.97. The molecule has 1 aromatic carbocycles. The van der Waals surface area contributed by atoms with Gasteiger partial charge in [-0.3, -0.25) is 0 Å². The summed E-state index contributed by atoms with van der Waals surface area (Å²) in [6.07, 6.45) is 2.94. The fourth-order valence-corrected chi connectivity index (χ4v) is 5.06. The number of rotatable bonds is 5. The minimum absolute atomic E-state index is 0.421. The fraction of sp³-hybridized carbons (Fsp3) is 0.440. The van der Waals surface area contributed by atoms with Crippen LogP contribution in [0.5, 0.6) is 0 Å². The van der Waals surface area contributed by atoms with Crippen LogP contribution in [-0.2, 0) is 6.54 Å². The predicted molar refractivity (Wildman–Crippen MR) is 128 cm³/mol. The molecule has 32 heavy (non-hydrogen) atoms. The molecule has 2 fully saturated rings. The van der Waals surface area contributed by atoms with Crippen molar-refractivity contribution in [2.24, 2.45) is 5.92 Å². The third kappa shape index (κ3) is 4.29. The number of benzene rings is 1. The summed E-state index contributed by atoms with van der Waals surface area (Å²) >= 11 is 0. The lowest BCUT2D eigenvalue weighted by Crippen LogP contribution is -2.48. The van der Waals surface area contributed by atoms with Crippen molar-refractivity contribution < 1.29 is 0 Å². The Morgan fingerprint density at radius 1 is 1.06 bits per heavy atom. The van der Waals surface area contributed by atoms with Crippen molar-refractivity contribution >= 4 is 16.9 Å². The van der Waals surface area contributed by atoms with Gasteiger partial charge >= 0.3 is 0 Å². The second-order valence-electron chi connectivity index (χ2n) is 9.07. The Morgan fingerprint density at radius 2 is 1.88 bits per heavy atom. The summed E-state index contributed by atoms with van der Waals surface area (Å²) in [5.41, 5.74) is 5.36. The topological polar surface area (TPSA) is 71.6 Å². The summed E-state index contributed by atoms with van der Waals surface area (Å²) in [6.45, 7) is 9.44. The number of fused-ring (bicyclic) bond motifs is 1. The highest BCUT2D eigenvalue weighted by Crippen LogP contribution is 2.28. The highest BCUT2D eigenvalue weighted by atomic mass is 15.3. The summed E-state index contributed by atoms with van der Waals surface area (Å²) in [6, 6.07) is 17.6. The van der Waals surface area contributed by atoms with Crippen LogP contribution in [0.4, 0.5) is 11.4 Å². The Balaban J connectivity index is 1.24. The molecule has 3 aromatic rings. The second kappa shape index (κ2) is 9.19. The van der Waals surface area contributed by atoms with Crippen molar-refractivity contribution in [1.29, 1.82) is 5.26 Å². The number of anilines is 2. The smallest absolute Gasteiger partial charge is 0.142 e. The number of piperazine rings is 1. The molecular formula is C25H31N7. The lowest BCUT2D eigenvalue weighted by molar-refractivity contribution is 0.350. The zero-order valence-corrected chi connectivity index (χ0v) is 18.7. The molecule has 0 radical (unpaired) electrons. The van der Waals surface area contributed by atoms with E-state index >= 15 is 0 Å². The summed E-state index contributed by atoms with van der Waals surface area (Å²) in [5.74, 6) is 0.593. The van der Waals surface area contributed by atoms with Gasteiger partial charge in [0.15, 0.2) is 0 Å². The third-order valence-corrected chi connectivity index (χ3v) is 6.66. The molecule has 2 aliphatic rings. The molecule has 2 N–H and O–H groups in total. The standard InChI is InChI=1S/C25H31N7/c1-19-14-21(28-16-20-2-4-22(5-3-20)30-12-10-27-11-13-30)18-31(17-19)24-7-6-23(15-26)32-25(24)8-9-29-32/h2-9,19,21,27-28H,10-14,16-18H2,1H3/t19-,21+/m0/s1. The Morgan fingerprint density at radius 3 is 2.66 bits per heavy atom. The molecule has 0 aliphatic carbocycles. The van der Waals surface area contributed by atoms with Gasteiger partial charge in [0.25, 0.3) is 0 Å². The molecule has 4 heterocycles. The fourth-order valence-electron chi connectivity index (χ4n) is 5.06. The van der Waals surface area contributed by atoms with Crippen LogP contribution in [0.25, 0.3) is 5.52 Å². The van der Waals surface area contributed by atoms with Gasteiger partial charge in [0.1, 0.15) is 11.8 Å². The molecule has 2 aromatic heterocycles. The van der Waals surface area contributed by atoms with Crippen molar-refractivity contribution in [3.05, 3.63) is 59.9 Å². The second-order valence-corrected chi connectivity index (χ2v) is 9.07. The minimum Gasteiger partial charge on any atom is -0.369 e. The van der Waals surface area contributed by atoms with Crippen LogP contribution >= 0.6 is 0 Å². The van der Waals surface area contributed by atoms with Gasteiger partial charge < -0.3 is 20.4 Å². The van der Waals surface area contributed by atoms with Crippen LogP contribution in [-0.4, -0.2) is 54.9 Å². The van der Waals surface area contributed by atoms with E-state index in [0.717, 1.165) is 57.0 Å². The first-order valence-corrected chi connectivity index (χ1v) is 11.6. The van der Waals surface area contributed by atoms with E-state index < -0.39 is 0 Å². The van der Waals surface area contributed by atoms with Crippen molar-refractivity contribution in [3.63, 3.8) is 0 Å². The maximum atomic E-state index is 9.37. The SMILES string of the molecule is C[C@H]1C[C@@H](NCc2ccc(N3CCNCC3)cc2)CN(c2ccc(C#N)n3nccc23)C1. The van der Waals surface area contributed by atoms with Crippen molar-refractivity contribution in [3.8, 4) is 6.07 Å². The van der Waals surface area contributed by atoms with Gasteiger partial charge in [-0.15, -0.1) is 0 Å². The number of hydrogen-bond donors (Lipinski definition) is 2. The van der Waals surface area contributed by atoms with Crippen LogP contribution in [0, 0.1) is 17.2 Å². The molecule has 0 spiro atoms. The number of aromatic nitrogens is 2. The zero-order valence-electron chi connectivity index (χ0n) is 18.7. The van der Waals surface area contributed by atoms with E-state index in [1.54, 1.807) is 10.7 Å².